The van der Waals surface area contributed by atoms with Gasteiger partial charge < -0.3 is 29.4 Å². The second kappa shape index (κ2) is 11.7. The highest BCUT2D eigenvalue weighted by Crippen LogP contribution is 2.47. The van der Waals surface area contributed by atoms with Gasteiger partial charge in [-0.05, 0) is 86.2 Å². The Balaban J connectivity index is 1.25. The number of methoxy groups -OCH3 is 1. The first kappa shape index (κ1) is 29.6. The lowest BCUT2D eigenvalue weighted by molar-refractivity contribution is -0.131. The second-order valence-corrected chi connectivity index (χ2v) is 12.8. The van der Waals surface area contributed by atoms with Crippen molar-refractivity contribution in [2.45, 2.75) is 64.0 Å². The minimum Gasteiger partial charge on any atom is -0.497 e. The third-order valence-electron chi connectivity index (χ3n) is 9.34. The summed E-state index contributed by atoms with van der Waals surface area (Å²) >= 11 is 0. The van der Waals surface area contributed by atoms with Crippen molar-refractivity contribution in [3.63, 3.8) is 0 Å². The zero-order valence-electron chi connectivity index (χ0n) is 26.4. The zero-order valence-corrected chi connectivity index (χ0v) is 26.4. The third-order valence-corrected chi connectivity index (χ3v) is 9.34. The van der Waals surface area contributed by atoms with Crippen LogP contribution in [0.4, 0.5) is 0 Å². The van der Waals surface area contributed by atoms with Gasteiger partial charge in [0, 0.05) is 34.2 Å². The normalized spacial score (nSPS) is 15.4. The van der Waals surface area contributed by atoms with Crippen LogP contribution < -0.4 is 14.8 Å². The minimum atomic E-state index is -1.01. The average molecular weight is 619 g/mol. The lowest BCUT2D eigenvalue weighted by atomic mass is 9.81. The number of carboxylic acids is 1. The van der Waals surface area contributed by atoms with Crippen molar-refractivity contribution in [3.8, 4) is 22.8 Å². The number of aliphatic carboxylic acids is 1. The van der Waals surface area contributed by atoms with Gasteiger partial charge in [-0.15, -0.1) is 0 Å². The highest BCUT2D eigenvalue weighted by Gasteiger charge is 2.31. The smallest absolute Gasteiger partial charge is 0.328 e. The van der Waals surface area contributed by atoms with E-state index in [1.165, 1.54) is 42.0 Å². The molecule has 9 nitrogen and oxygen atoms in total. The molecule has 1 amide bonds. The molecule has 3 aromatic carbocycles. The molecule has 46 heavy (non-hydrogen) atoms. The first-order valence-corrected chi connectivity index (χ1v) is 15.9. The number of hydrogen-bond donors (Lipinski definition) is 3. The number of carboxylic acid groups (broad SMARTS) is 1. The van der Waals surface area contributed by atoms with Crippen LogP contribution in [0.25, 0.3) is 39.3 Å². The van der Waals surface area contributed by atoms with Crippen LogP contribution >= 0.6 is 0 Å². The molecule has 9 heteroatoms. The molecule has 3 heterocycles. The third kappa shape index (κ3) is 5.40. The van der Waals surface area contributed by atoms with Crippen molar-refractivity contribution in [2.75, 3.05) is 13.7 Å². The first-order chi connectivity index (χ1) is 22.2. The summed E-state index contributed by atoms with van der Waals surface area (Å²) in [5.41, 5.74) is 6.65. The number of imidazole rings is 1. The number of nitrogens with one attached hydrogen (secondary N) is 2. The fourth-order valence-corrected chi connectivity index (χ4v) is 7.04. The van der Waals surface area contributed by atoms with Crippen molar-refractivity contribution in [2.24, 2.45) is 0 Å². The molecule has 1 saturated carbocycles. The van der Waals surface area contributed by atoms with Crippen molar-refractivity contribution in [1.29, 1.82) is 0 Å². The first-order valence-electron chi connectivity index (χ1n) is 15.9. The number of fused-ring (bicyclic) bond motifs is 6. The summed E-state index contributed by atoms with van der Waals surface area (Å²) < 4.78 is 14.1. The number of ether oxygens (including phenoxy) is 2. The van der Waals surface area contributed by atoms with Gasteiger partial charge in [0.05, 0.1) is 35.9 Å². The van der Waals surface area contributed by atoms with E-state index in [0.717, 1.165) is 52.6 Å². The van der Waals surface area contributed by atoms with E-state index in [9.17, 15) is 9.59 Å². The van der Waals surface area contributed by atoms with E-state index in [1.807, 2.05) is 56.3 Å². The average Bonchev–Trinajstić information content (AvgIpc) is 3.57. The summed E-state index contributed by atoms with van der Waals surface area (Å²) in [6, 6.07) is 17.7. The molecule has 0 unspecified atom stereocenters. The van der Waals surface area contributed by atoms with Crippen LogP contribution in [0.2, 0.25) is 0 Å². The number of aromatic nitrogens is 3. The molecule has 0 spiro atoms. The van der Waals surface area contributed by atoms with Crippen LogP contribution in [0.5, 0.6) is 11.5 Å². The number of amides is 1. The molecular weight excluding hydrogens is 580 g/mol. The van der Waals surface area contributed by atoms with Gasteiger partial charge in [0.25, 0.3) is 5.91 Å². The van der Waals surface area contributed by atoms with Crippen LogP contribution in [0, 0.1) is 0 Å². The topological polar surface area (TPSA) is 118 Å². The molecule has 0 saturated heterocycles. The number of carbonyl (C=O) groups is 2. The summed E-state index contributed by atoms with van der Waals surface area (Å²) in [6.45, 7) is 5.03. The summed E-state index contributed by atoms with van der Waals surface area (Å²) in [5, 5.41) is 13.4. The molecule has 0 atom stereocenters. The Labute approximate surface area is 267 Å². The van der Waals surface area contributed by atoms with Crippen LogP contribution in [0.15, 0.2) is 60.7 Å². The number of carbonyl (C=O) groups excluding carboxylic acids is 1. The predicted molar refractivity (Wildman–Crippen MR) is 179 cm³/mol. The fraction of sp³-hybridized carbons (Fsp3) is 0.324. The molecule has 7 rings (SSSR count). The Morgan fingerprint density at radius 1 is 1.09 bits per heavy atom. The largest absolute Gasteiger partial charge is 0.497 e. The van der Waals surface area contributed by atoms with E-state index in [4.69, 9.17) is 19.6 Å². The summed E-state index contributed by atoms with van der Waals surface area (Å²) in [7, 11) is 1.67. The summed E-state index contributed by atoms with van der Waals surface area (Å²) in [5.74, 6) is 1.45. The molecule has 2 aliphatic rings. The number of H-pyrrole nitrogens is 1. The maximum atomic E-state index is 13.8. The molecule has 236 valence electrons. The Kier molecular flexibility index (Phi) is 7.55. The van der Waals surface area contributed by atoms with Crippen LogP contribution in [-0.4, -0.2) is 45.2 Å². The van der Waals surface area contributed by atoms with Gasteiger partial charge in [0.2, 0.25) is 0 Å². The van der Waals surface area contributed by atoms with Gasteiger partial charge in [0.15, 0.2) is 0 Å². The lowest BCUT2D eigenvalue weighted by Crippen LogP contribution is -2.41. The second-order valence-electron chi connectivity index (χ2n) is 12.8. The Morgan fingerprint density at radius 2 is 1.91 bits per heavy atom. The van der Waals surface area contributed by atoms with Crippen LogP contribution in [-0.2, 0) is 16.9 Å². The Hall–Kier alpha value is -5.05. The standard InChI is InChI=1S/C37H38N4O5/c1-37(2,36-38-28-15-9-22(10-16-32(42)43)19-29(28)39-36)40-35(44)24-11-13-26-30(20-24)41-17-18-46-31-21-25(45-3)12-14-27(31)34(41)33(26)23-7-5-4-6-8-23/h9-16,19-21,23H,4-8,17-18H2,1-3H3,(H,38,39)(H,40,44)(H,42,43)/b16-10+. The van der Waals surface area contributed by atoms with E-state index in [-0.39, 0.29) is 5.91 Å². The van der Waals surface area contributed by atoms with E-state index in [1.54, 1.807) is 7.11 Å². The fourth-order valence-electron chi connectivity index (χ4n) is 7.04. The predicted octanol–water partition coefficient (Wildman–Crippen LogP) is 7.40. The van der Waals surface area contributed by atoms with Crippen LogP contribution in [0.1, 0.15) is 79.2 Å². The van der Waals surface area contributed by atoms with Gasteiger partial charge in [-0.1, -0.05) is 31.4 Å². The van der Waals surface area contributed by atoms with E-state index in [0.29, 0.717) is 36.0 Å². The number of rotatable bonds is 7. The van der Waals surface area contributed by atoms with Crippen molar-refractivity contribution in [3.05, 3.63) is 83.2 Å². The monoisotopic (exact) mass is 618 g/mol. The molecule has 1 aliphatic carbocycles. The molecule has 5 aromatic rings. The van der Waals surface area contributed by atoms with E-state index in [2.05, 4.69) is 27.0 Å². The van der Waals surface area contributed by atoms with Gasteiger partial charge in [0.1, 0.15) is 23.9 Å². The number of nitrogens with zero attached hydrogens (tertiary/aromatic N) is 2. The maximum Gasteiger partial charge on any atom is 0.328 e. The molecule has 3 N–H and O–H groups in total. The number of aromatic amines is 1. The van der Waals surface area contributed by atoms with Crippen molar-refractivity contribution < 1.29 is 24.2 Å². The van der Waals surface area contributed by atoms with E-state index >= 15 is 0 Å². The lowest BCUT2D eigenvalue weighted by Gasteiger charge is -2.24. The van der Waals surface area contributed by atoms with Gasteiger partial charge >= 0.3 is 5.97 Å². The summed E-state index contributed by atoms with van der Waals surface area (Å²) in [4.78, 5) is 32.9. The zero-order chi connectivity index (χ0) is 32.0. The highest BCUT2D eigenvalue weighted by atomic mass is 16.5. The van der Waals surface area contributed by atoms with Crippen molar-refractivity contribution in [1.82, 2.24) is 19.9 Å². The van der Waals surface area contributed by atoms with Gasteiger partial charge in [-0.3, -0.25) is 4.79 Å². The molecule has 0 bridgehead atoms. The molecule has 1 fully saturated rings. The molecule has 1 aliphatic heterocycles. The maximum absolute atomic E-state index is 13.8. The Bertz CT molecular complexity index is 2010. The molecule has 0 radical (unpaired) electrons. The summed E-state index contributed by atoms with van der Waals surface area (Å²) in [6.07, 6.45) is 8.66. The quantitative estimate of drug-likeness (QED) is 0.164. The van der Waals surface area contributed by atoms with Gasteiger partial charge in [-0.25, -0.2) is 9.78 Å². The number of benzene rings is 3. The van der Waals surface area contributed by atoms with Gasteiger partial charge in [-0.2, -0.15) is 0 Å². The van der Waals surface area contributed by atoms with Crippen LogP contribution in [0.3, 0.4) is 0 Å². The van der Waals surface area contributed by atoms with E-state index < -0.39 is 11.5 Å². The Morgan fingerprint density at radius 3 is 2.70 bits per heavy atom. The highest BCUT2D eigenvalue weighted by molar-refractivity contribution is 6.01. The number of hydrogen-bond acceptors (Lipinski definition) is 5. The SMILES string of the molecule is COc1ccc2c(c1)OCCn1c-2c(C2CCCCC2)c2ccc(C(=O)NC(C)(C)c3nc4cc(/C=C/C(=O)O)ccc4[nH]3)cc21. The van der Waals surface area contributed by atoms with Crippen molar-refractivity contribution >= 4 is 39.9 Å². The molecule has 2 aromatic heterocycles. The molecular formula is C37H38N4O5. The minimum absolute atomic E-state index is 0.192.